The first-order valence-corrected chi connectivity index (χ1v) is 6.40. The van der Waals surface area contributed by atoms with Crippen molar-refractivity contribution in [1.82, 2.24) is 0 Å². The Balaban J connectivity index is 2.41. The number of aliphatic hydroxyl groups excluding tert-OH is 1. The van der Waals surface area contributed by atoms with Crippen molar-refractivity contribution in [2.75, 3.05) is 0 Å². The molecule has 1 unspecified atom stereocenters. The third-order valence-corrected chi connectivity index (χ3v) is 3.67. The first kappa shape index (κ1) is 14.0. The molecule has 2 rings (SSSR count). The average Bonchev–Trinajstić information content (AvgIpc) is 2.32. The van der Waals surface area contributed by atoms with E-state index in [1.165, 1.54) is 25.1 Å². The summed E-state index contributed by atoms with van der Waals surface area (Å²) >= 11 is 0.950. The van der Waals surface area contributed by atoms with Gasteiger partial charge in [-0.3, -0.25) is 0 Å². The van der Waals surface area contributed by atoms with Crippen LogP contribution in [0.5, 0.6) is 0 Å². The molecule has 0 saturated heterocycles. The van der Waals surface area contributed by atoms with Crippen LogP contribution >= 0.6 is 11.8 Å². The van der Waals surface area contributed by atoms with Crippen LogP contribution in [0.15, 0.2) is 46.2 Å². The van der Waals surface area contributed by atoms with Gasteiger partial charge in [0.05, 0.1) is 6.10 Å². The molecule has 1 N–H and O–H groups in total. The SMILES string of the molecule is CC(O)c1c(F)cccc1Sc1ccc(F)cc1F. The van der Waals surface area contributed by atoms with Crippen LogP contribution in [-0.4, -0.2) is 5.11 Å². The fraction of sp³-hybridized carbons (Fsp3) is 0.143. The molecule has 2 aromatic rings. The lowest BCUT2D eigenvalue weighted by Gasteiger charge is -2.12. The minimum Gasteiger partial charge on any atom is -0.389 e. The molecule has 5 heteroatoms. The van der Waals surface area contributed by atoms with Crippen LogP contribution in [0.4, 0.5) is 13.2 Å². The number of rotatable bonds is 3. The van der Waals surface area contributed by atoms with Gasteiger partial charge in [-0.15, -0.1) is 0 Å². The van der Waals surface area contributed by atoms with Crippen LogP contribution in [-0.2, 0) is 0 Å². The van der Waals surface area contributed by atoms with Crippen LogP contribution < -0.4 is 0 Å². The molecule has 0 aliphatic carbocycles. The summed E-state index contributed by atoms with van der Waals surface area (Å²) in [5.41, 5.74) is 0.108. The highest BCUT2D eigenvalue weighted by Crippen LogP contribution is 2.36. The second kappa shape index (κ2) is 5.67. The molecule has 0 aliphatic heterocycles. The zero-order valence-electron chi connectivity index (χ0n) is 10.0. The summed E-state index contributed by atoms with van der Waals surface area (Å²) in [7, 11) is 0. The summed E-state index contributed by atoms with van der Waals surface area (Å²) in [6, 6.07) is 7.47. The van der Waals surface area contributed by atoms with Gasteiger partial charge in [0.2, 0.25) is 0 Å². The molecule has 1 nitrogen and oxygen atoms in total. The van der Waals surface area contributed by atoms with Crippen molar-refractivity contribution in [1.29, 1.82) is 0 Å². The van der Waals surface area contributed by atoms with Gasteiger partial charge in [-0.2, -0.15) is 0 Å². The predicted octanol–water partition coefficient (Wildman–Crippen LogP) is 4.31. The van der Waals surface area contributed by atoms with Gasteiger partial charge < -0.3 is 5.11 Å². The Kier molecular flexibility index (Phi) is 4.17. The van der Waals surface area contributed by atoms with Crippen LogP contribution in [0.2, 0.25) is 0 Å². The second-order valence-electron chi connectivity index (χ2n) is 4.00. The number of aliphatic hydroxyl groups is 1. The lowest BCUT2D eigenvalue weighted by Crippen LogP contribution is -1.98. The molecule has 0 heterocycles. The maximum Gasteiger partial charge on any atom is 0.140 e. The molecular weight excluding hydrogens is 273 g/mol. The van der Waals surface area contributed by atoms with Crippen molar-refractivity contribution in [2.45, 2.75) is 22.8 Å². The molecule has 19 heavy (non-hydrogen) atoms. The average molecular weight is 284 g/mol. The number of benzene rings is 2. The van der Waals surface area contributed by atoms with E-state index in [-0.39, 0.29) is 10.5 Å². The van der Waals surface area contributed by atoms with E-state index in [9.17, 15) is 18.3 Å². The fourth-order valence-corrected chi connectivity index (χ4v) is 2.74. The molecule has 0 saturated carbocycles. The first-order chi connectivity index (χ1) is 8.99. The van der Waals surface area contributed by atoms with Gasteiger partial charge in [-0.05, 0) is 31.2 Å². The molecule has 0 amide bonds. The van der Waals surface area contributed by atoms with Gasteiger partial charge in [0, 0.05) is 21.4 Å². The number of hydrogen-bond acceptors (Lipinski definition) is 2. The molecule has 0 aromatic heterocycles. The van der Waals surface area contributed by atoms with Gasteiger partial charge in [-0.25, -0.2) is 13.2 Å². The van der Waals surface area contributed by atoms with Crippen LogP contribution in [0.3, 0.4) is 0 Å². The van der Waals surface area contributed by atoms with E-state index in [0.29, 0.717) is 4.90 Å². The smallest absolute Gasteiger partial charge is 0.140 e. The Labute approximate surface area is 113 Å². The zero-order chi connectivity index (χ0) is 14.0. The van der Waals surface area contributed by atoms with E-state index < -0.39 is 23.6 Å². The molecule has 0 fully saturated rings. The Bertz CT molecular complexity index is 599. The normalized spacial score (nSPS) is 12.5. The minimum atomic E-state index is -1.01. The maximum atomic E-state index is 13.6. The van der Waals surface area contributed by atoms with E-state index in [0.717, 1.165) is 23.9 Å². The highest BCUT2D eigenvalue weighted by atomic mass is 32.2. The fourth-order valence-electron chi connectivity index (χ4n) is 1.69. The summed E-state index contributed by atoms with van der Waals surface area (Å²) in [6.45, 7) is 1.43. The summed E-state index contributed by atoms with van der Waals surface area (Å²) in [5, 5.41) is 9.57. The Morgan fingerprint density at radius 2 is 1.74 bits per heavy atom. The summed E-state index contributed by atoms with van der Waals surface area (Å²) in [4.78, 5) is 0.578. The van der Waals surface area contributed by atoms with Crippen molar-refractivity contribution in [3.05, 3.63) is 59.4 Å². The molecule has 2 aromatic carbocycles. The summed E-state index contributed by atoms with van der Waals surface area (Å²) < 4.78 is 40.0. The van der Waals surface area contributed by atoms with E-state index in [4.69, 9.17) is 0 Å². The Morgan fingerprint density at radius 3 is 2.37 bits per heavy atom. The number of halogens is 3. The van der Waals surface area contributed by atoms with E-state index >= 15 is 0 Å². The second-order valence-corrected chi connectivity index (χ2v) is 5.09. The van der Waals surface area contributed by atoms with Gasteiger partial charge in [0.1, 0.15) is 17.5 Å². The number of hydrogen-bond donors (Lipinski definition) is 1. The van der Waals surface area contributed by atoms with Crippen molar-refractivity contribution >= 4 is 11.8 Å². The van der Waals surface area contributed by atoms with Crippen molar-refractivity contribution in [3.8, 4) is 0 Å². The minimum absolute atomic E-state index is 0.108. The Morgan fingerprint density at radius 1 is 1.00 bits per heavy atom. The van der Waals surface area contributed by atoms with E-state index in [2.05, 4.69) is 0 Å². The predicted molar refractivity (Wildman–Crippen MR) is 67.5 cm³/mol. The van der Waals surface area contributed by atoms with Crippen molar-refractivity contribution in [2.24, 2.45) is 0 Å². The zero-order valence-corrected chi connectivity index (χ0v) is 10.8. The topological polar surface area (TPSA) is 20.2 Å². The largest absolute Gasteiger partial charge is 0.389 e. The molecule has 0 radical (unpaired) electrons. The van der Waals surface area contributed by atoms with Gasteiger partial charge in [-0.1, -0.05) is 17.8 Å². The van der Waals surface area contributed by atoms with Crippen LogP contribution in [0, 0.1) is 17.5 Å². The maximum absolute atomic E-state index is 13.6. The quantitative estimate of drug-likeness (QED) is 0.906. The molecular formula is C14H11F3OS. The highest BCUT2D eigenvalue weighted by Gasteiger charge is 2.15. The molecule has 0 aliphatic rings. The van der Waals surface area contributed by atoms with Crippen LogP contribution in [0.1, 0.15) is 18.6 Å². The van der Waals surface area contributed by atoms with E-state index in [1.807, 2.05) is 0 Å². The molecule has 100 valence electrons. The molecule has 0 spiro atoms. The Hall–Kier alpha value is -1.46. The third-order valence-electron chi connectivity index (χ3n) is 2.54. The first-order valence-electron chi connectivity index (χ1n) is 5.58. The standard InChI is InChI=1S/C14H11F3OS/c1-8(18)14-10(16)3-2-4-13(14)19-12-6-5-9(15)7-11(12)17/h2-8,18H,1H3. The van der Waals surface area contributed by atoms with Gasteiger partial charge in [0.25, 0.3) is 0 Å². The summed E-state index contributed by atoms with van der Waals surface area (Å²) in [5.74, 6) is -1.94. The lowest BCUT2D eigenvalue weighted by molar-refractivity contribution is 0.191. The van der Waals surface area contributed by atoms with Gasteiger partial charge in [0.15, 0.2) is 0 Å². The highest BCUT2D eigenvalue weighted by molar-refractivity contribution is 7.99. The van der Waals surface area contributed by atoms with Crippen molar-refractivity contribution in [3.63, 3.8) is 0 Å². The van der Waals surface area contributed by atoms with Crippen molar-refractivity contribution < 1.29 is 18.3 Å². The van der Waals surface area contributed by atoms with E-state index in [1.54, 1.807) is 6.07 Å². The van der Waals surface area contributed by atoms with Gasteiger partial charge >= 0.3 is 0 Å². The third kappa shape index (κ3) is 3.11. The molecule has 0 bridgehead atoms. The summed E-state index contributed by atoms with van der Waals surface area (Å²) in [6.07, 6.45) is -1.01. The monoisotopic (exact) mass is 284 g/mol. The van der Waals surface area contributed by atoms with Crippen LogP contribution in [0.25, 0.3) is 0 Å². The molecule has 1 atom stereocenters. The lowest BCUT2D eigenvalue weighted by atomic mass is 10.1.